The van der Waals surface area contributed by atoms with Gasteiger partial charge in [0.05, 0.1) is 5.25 Å². The van der Waals surface area contributed by atoms with Crippen LogP contribution in [0.5, 0.6) is 0 Å². The first-order valence-corrected chi connectivity index (χ1v) is 5.14. The lowest BCUT2D eigenvalue weighted by Crippen LogP contribution is -2.39. The zero-order valence-electron chi connectivity index (χ0n) is 7.09. The SMILES string of the molecule is CC(C)C[C@H]1SCCNC1=O. The van der Waals surface area contributed by atoms with Gasteiger partial charge in [0.2, 0.25) is 5.91 Å². The van der Waals surface area contributed by atoms with E-state index in [1.165, 1.54) is 0 Å². The number of rotatable bonds is 2. The van der Waals surface area contributed by atoms with Gasteiger partial charge in [-0.25, -0.2) is 0 Å². The predicted molar refractivity (Wildman–Crippen MR) is 48.7 cm³/mol. The van der Waals surface area contributed by atoms with E-state index in [0.717, 1.165) is 18.7 Å². The fraction of sp³-hybridized carbons (Fsp3) is 0.875. The highest BCUT2D eigenvalue weighted by Gasteiger charge is 2.22. The van der Waals surface area contributed by atoms with Crippen molar-refractivity contribution in [2.75, 3.05) is 12.3 Å². The Morgan fingerprint density at radius 3 is 3.00 bits per heavy atom. The topological polar surface area (TPSA) is 29.1 Å². The largest absolute Gasteiger partial charge is 0.354 e. The van der Waals surface area contributed by atoms with E-state index in [0.29, 0.717) is 5.92 Å². The lowest BCUT2D eigenvalue weighted by Gasteiger charge is -2.22. The standard InChI is InChI=1S/C8H15NOS/c1-6(2)5-7-8(10)9-3-4-11-7/h6-7H,3-5H2,1-2H3,(H,9,10)/t7-/m1/s1. The Bertz CT molecular complexity index is 147. The summed E-state index contributed by atoms with van der Waals surface area (Å²) in [5.41, 5.74) is 0. The fourth-order valence-corrected chi connectivity index (χ4v) is 2.43. The highest BCUT2D eigenvalue weighted by Crippen LogP contribution is 2.21. The molecule has 0 radical (unpaired) electrons. The lowest BCUT2D eigenvalue weighted by atomic mass is 10.1. The molecule has 0 aromatic rings. The summed E-state index contributed by atoms with van der Waals surface area (Å²) >= 11 is 1.79. The van der Waals surface area contributed by atoms with Crippen LogP contribution in [0.2, 0.25) is 0 Å². The second kappa shape index (κ2) is 4.00. The molecule has 0 bridgehead atoms. The van der Waals surface area contributed by atoms with Gasteiger partial charge in [0, 0.05) is 12.3 Å². The molecule has 0 unspecified atom stereocenters. The molecule has 1 aliphatic rings. The molecule has 1 N–H and O–H groups in total. The van der Waals surface area contributed by atoms with Gasteiger partial charge < -0.3 is 5.32 Å². The molecule has 1 atom stereocenters. The second-order valence-electron chi connectivity index (χ2n) is 3.28. The van der Waals surface area contributed by atoms with E-state index in [-0.39, 0.29) is 11.2 Å². The van der Waals surface area contributed by atoms with Crippen molar-refractivity contribution in [2.24, 2.45) is 5.92 Å². The summed E-state index contributed by atoms with van der Waals surface area (Å²) in [6, 6.07) is 0. The van der Waals surface area contributed by atoms with Crippen molar-refractivity contribution in [1.82, 2.24) is 5.32 Å². The van der Waals surface area contributed by atoms with Gasteiger partial charge in [0.1, 0.15) is 0 Å². The Morgan fingerprint density at radius 2 is 2.45 bits per heavy atom. The molecule has 64 valence electrons. The molecule has 0 aromatic carbocycles. The molecule has 0 spiro atoms. The van der Waals surface area contributed by atoms with Crippen molar-refractivity contribution in [1.29, 1.82) is 0 Å². The van der Waals surface area contributed by atoms with E-state index in [9.17, 15) is 4.79 Å². The van der Waals surface area contributed by atoms with Crippen molar-refractivity contribution in [3.05, 3.63) is 0 Å². The van der Waals surface area contributed by atoms with Crippen molar-refractivity contribution >= 4 is 17.7 Å². The molecule has 0 aromatic heterocycles. The van der Waals surface area contributed by atoms with E-state index in [1.54, 1.807) is 11.8 Å². The van der Waals surface area contributed by atoms with Crippen molar-refractivity contribution in [3.63, 3.8) is 0 Å². The minimum absolute atomic E-state index is 0.212. The third-order valence-electron chi connectivity index (χ3n) is 1.70. The van der Waals surface area contributed by atoms with Gasteiger partial charge in [-0.3, -0.25) is 4.79 Å². The first-order valence-electron chi connectivity index (χ1n) is 4.09. The molecule has 2 nitrogen and oxygen atoms in total. The molecule has 0 aliphatic carbocycles. The summed E-state index contributed by atoms with van der Waals surface area (Å²) in [5.74, 6) is 1.93. The average molecular weight is 173 g/mol. The zero-order chi connectivity index (χ0) is 8.27. The Kier molecular flexibility index (Phi) is 3.24. The number of amides is 1. The Hall–Kier alpha value is -0.180. The molecule has 1 amide bonds. The predicted octanol–water partition coefficient (Wildman–Crippen LogP) is 1.26. The number of carbonyl (C=O) groups is 1. The van der Waals surface area contributed by atoms with Gasteiger partial charge >= 0.3 is 0 Å². The normalized spacial score (nSPS) is 25.4. The maximum atomic E-state index is 11.2. The van der Waals surface area contributed by atoms with Crippen molar-refractivity contribution in [2.45, 2.75) is 25.5 Å². The summed E-state index contributed by atoms with van der Waals surface area (Å²) in [4.78, 5) is 11.2. The molecular formula is C8H15NOS. The average Bonchev–Trinajstić information content (AvgIpc) is 1.93. The van der Waals surface area contributed by atoms with E-state index >= 15 is 0 Å². The molecule has 1 rings (SSSR count). The van der Waals surface area contributed by atoms with Crippen molar-refractivity contribution < 1.29 is 4.79 Å². The lowest BCUT2D eigenvalue weighted by molar-refractivity contribution is -0.120. The summed E-state index contributed by atoms with van der Waals surface area (Å²) in [5, 5.41) is 3.09. The number of thioether (sulfide) groups is 1. The van der Waals surface area contributed by atoms with Crippen LogP contribution in [0.4, 0.5) is 0 Å². The van der Waals surface area contributed by atoms with E-state index < -0.39 is 0 Å². The van der Waals surface area contributed by atoms with Crippen LogP contribution in [-0.4, -0.2) is 23.5 Å². The Morgan fingerprint density at radius 1 is 1.73 bits per heavy atom. The van der Waals surface area contributed by atoms with Gasteiger partial charge in [-0.2, -0.15) is 0 Å². The third-order valence-corrected chi connectivity index (χ3v) is 2.95. The van der Waals surface area contributed by atoms with Crippen LogP contribution in [0.25, 0.3) is 0 Å². The Labute approximate surface area is 72.1 Å². The fourth-order valence-electron chi connectivity index (χ4n) is 1.17. The number of hydrogen-bond acceptors (Lipinski definition) is 2. The molecule has 1 aliphatic heterocycles. The summed E-state index contributed by atoms with van der Waals surface area (Å²) in [6.07, 6.45) is 1.01. The van der Waals surface area contributed by atoms with Gasteiger partial charge in [-0.1, -0.05) is 13.8 Å². The van der Waals surface area contributed by atoms with Crippen LogP contribution in [0.15, 0.2) is 0 Å². The van der Waals surface area contributed by atoms with Gasteiger partial charge in [-0.05, 0) is 12.3 Å². The molecule has 11 heavy (non-hydrogen) atoms. The van der Waals surface area contributed by atoms with Crippen LogP contribution in [-0.2, 0) is 4.79 Å². The molecule has 3 heteroatoms. The first kappa shape index (κ1) is 8.91. The molecule has 1 saturated heterocycles. The maximum absolute atomic E-state index is 11.2. The quantitative estimate of drug-likeness (QED) is 0.681. The maximum Gasteiger partial charge on any atom is 0.233 e. The molecule has 1 fully saturated rings. The van der Waals surface area contributed by atoms with E-state index in [2.05, 4.69) is 19.2 Å². The molecular weight excluding hydrogens is 158 g/mol. The van der Waals surface area contributed by atoms with Gasteiger partial charge in [0.15, 0.2) is 0 Å². The molecule has 1 heterocycles. The van der Waals surface area contributed by atoms with Crippen LogP contribution < -0.4 is 5.32 Å². The van der Waals surface area contributed by atoms with E-state index in [4.69, 9.17) is 0 Å². The van der Waals surface area contributed by atoms with Gasteiger partial charge in [0.25, 0.3) is 0 Å². The highest BCUT2D eigenvalue weighted by molar-refractivity contribution is 8.00. The van der Waals surface area contributed by atoms with Crippen LogP contribution in [0, 0.1) is 5.92 Å². The summed E-state index contributed by atoms with van der Waals surface area (Å²) in [7, 11) is 0. The Balaban J connectivity index is 2.36. The zero-order valence-corrected chi connectivity index (χ0v) is 7.91. The first-order chi connectivity index (χ1) is 5.20. The minimum atomic E-state index is 0.212. The molecule has 0 saturated carbocycles. The second-order valence-corrected chi connectivity index (χ2v) is 4.59. The third kappa shape index (κ3) is 2.73. The summed E-state index contributed by atoms with van der Waals surface area (Å²) in [6.45, 7) is 5.16. The van der Waals surface area contributed by atoms with Crippen LogP contribution >= 0.6 is 11.8 Å². The summed E-state index contributed by atoms with van der Waals surface area (Å²) < 4.78 is 0. The number of carbonyl (C=O) groups excluding carboxylic acids is 1. The van der Waals surface area contributed by atoms with Crippen molar-refractivity contribution in [3.8, 4) is 0 Å². The van der Waals surface area contributed by atoms with E-state index in [1.807, 2.05) is 0 Å². The monoisotopic (exact) mass is 173 g/mol. The number of nitrogens with one attached hydrogen (secondary N) is 1. The highest BCUT2D eigenvalue weighted by atomic mass is 32.2. The smallest absolute Gasteiger partial charge is 0.233 e. The van der Waals surface area contributed by atoms with Gasteiger partial charge in [-0.15, -0.1) is 11.8 Å². The van der Waals surface area contributed by atoms with Crippen LogP contribution in [0.3, 0.4) is 0 Å². The number of hydrogen-bond donors (Lipinski definition) is 1. The van der Waals surface area contributed by atoms with Crippen LogP contribution in [0.1, 0.15) is 20.3 Å². The minimum Gasteiger partial charge on any atom is -0.354 e.